The van der Waals surface area contributed by atoms with Crippen LogP contribution in [0.4, 0.5) is 5.69 Å². The molecule has 1 fully saturated rings. The van der Waals surface area contributed by atoms with Crippen molar-refractivity contribution in [3.8, 4) is 5.75 Å². The molecule has 0 aliphatic heterocycles. The van der Waals surface area contributed by atoms with Gasteiger partial charge >= 0.3 is 5.97 Å². The molecule has 5 nitrogen and oxygen atoms in total. The number of hydrogen-bond donors (Lipinski definition) is 1. The van der Waals surface area contributed by atoms with E-state index in [9.17, 15) is 9.59 Å². The Morgan fingerprint density at radius 3 is 2.70 bits per heavy atom. The monoisotopic (exact) mass is 339 g/mol. The molecule has 1 atom stereocenters. The van der Waals surface area contributed by atoms with Gasteiger partial charge in [-0.1, -0.05) is 24.4 Å². The fraction of sp³-hybridized carbons (Fsp3) is 0.529. The van der Waals surface area contributed by atoms with Crippen molar-refractivity contribution in [3.05, 3.63) is 23.2 Å². The van der Waals surface area contributed by atoms with E-state index < -0.39 is 12.0 Å². The number of amides is 1. The molecular weight excluding hydrogens is 318 g/mol. The average molecular weight is 340 g/mol. The van der Waals surface area contributed by atoms with E-state index in [-0.39, 0.29) is 5.97 Å². The third-order valence-corrected chi connectivity index (χ3v) is 4.26. The lowest BCUT2D eigenvalue weighted by atomic mass is 10.0. The van der Waals surface area contributed by atoms with Crippen molar-refractivity contribution in [1.82, 2.24) is 0 Å². The minimum absolute atomic E-state index is 0.322. The number of rotatable bonds is 6. The summed E-state index contributed by atoms with van der Waals surface area (Å²) in [5.74, 6) is 0.154. The van der Waals surface area contributed by atoms with E-state index in [1.807, 2.05) is 0 Å². The summed E-state index contributed by atoms with van der Waals surface area (Å²) in [6.45, 7) is 1.55. The van der Waals surface area contributed by atoms with Gasteiger partial charge < -0.3 is 14.8 Å². The molecule has 1 amide bonds. The zero-order valence-electron chi connectivity index (χ0n) is 13.4. The number of halogens is 1. The lowest BCUT2D eigenvalue weighted by Gasteiger charge is -2.16. The molecule has 1 N–H and O–H groups in total. The van der Waals surface area contributed by atoms with Crippen LogP contribution in [0.25, 0.3) is 0 Å². The van der Waals surface area contributed by atoms with E-state index in [4.69, 9.17) is 21.1 Å². The maximum Gasteiger partial charge on any atom is 0.306 e. The van der Waals surface area contributed by atoms with Crippen molar-refractivity contribution >= 4 is 29.2 Å². The lowest BCUT2D eigenvalue weighted by Crippen LogP contribution is -2.30. The van der Waals surface area contributed by atoms with Crippen LogP contribution in [0.1, 0.15) is 39.0 Å². The topological polar surface area (TPSA) is 64.6 Å². The van der Waals surface area contributed by atoms with Crippen molar-refractivity contribution in [1.29, 1.82) is 0 Å². The molecule has 126 valence electrons. The highest BCUT2D eigenvalue weighted by molar-refractivity contribution is 6.31. The number of ether oxygens (including phenoxy) is 2. The van der Waals surface area contributed by atoms with Gasteiger partial charge in [-0.05, 0) is 43.9 Å². The number of anilines is 1. The Labute approximate surface area is 141 Å². The number of nitrogens with one attached hydrogen (secondary N) is 1. The Morgan fingerprint density at radius 1 is 1.35 bits per heavy atom. The molecule has 0 aromatic heterocycles. The first-order chi connectivity index (χ1) is 11.0. The minimum atomic E-state index is -0.868. The minimum Gasteiger partial charge on any atom is -0.495 e. The van der Waals surface area contributed by atoms with Crippen LogP contribution in [0.5, 0.6) is 5.75 Å². The van der Waals surface area contributed by atoms with Crippen LogP contribution in [0, 0.1) is 5.92 Å². The standard InChI is InChI=1S/C17H22ClNO4/c1-11(23-16(20)9-12-5-3-4-6-12)17(21)19-14-10-13(18)7-8-15(14)22-2/h7-8,10-12H,3-6,9H2,1-2H3,(H,19,21)/t11-/m1/s1. The van der Waals surface area contributed by atoms with Gasteiger partial charge in [0.25, 0.3) is 5.91 Å². The number of hydrogen-bond acceptors (Lipinski definition) is 4. The van der Waals surface area contributed by atoms with Gasteiger partial charge in [-0.15, -0.1) is 0 Å². The Kier molecular flexibility index (Phi) is 6.28. The summed E-state index contributed by atoms with van der Waals surface area (Å²) in [4.78, 5) is 24.1. The predicted octanol–water partition coefficient (Wildman–Crippen LogP) is 3.80. The Hall–Kier alpha value is -1.75. The van der Waals surface area contributed by atoms with E-state index in [1.54, 1.807) is 25.1 Å². The predicted molar refractivity (Wildman–Crippen MR) is 88.8 cm³/mol. The number of carbonyl (C=O) groups is 2. The zero-order chi connectivity index (χ0) is 16.8. The van der Waals surface area contributed by atoms with Gasteiger partial charge in [-0.2, -0.15) is 0 Å². The molecular formula is C17H22ClNO4. The van der Waals surface area contributed by atoms with Crippen molar-refractivity contribution in [2.45, 2.75) is 45.1 Å². The first-order valence-corrected chi connectivity index (χ1v) is 8.21. The molecule has 23 heavy (non-hydrogen) atoms. The van der Waals surface area contributed by atoms with Crippen LogP contribution in [-0.4, -0.2) is 25.1 Å². The maximum absolute atomic E-state index is 12.2. The molecule has 1 saturated carbocycles. The normalized spacial score (nSPS) is 16.0. The second kappa shape index (κ2) is 8.20. The Bertz CT molecular complexity index is 570. The molecule has 1 aliphatic carbocycles. The highest BCUT2D eigenvalue weighted by Crippen LogP contribution is 2.29. The second-order valence-corrected chi connectivity index (χ2v) is 6.26. The van der Waals surface area contributed by atoms with E-state index in [0.29, 0.717) is 28.8 Å². The molecule has 1 aliphatic rings. The molecule has 0 saturated heterocycles. The van der Waals surface area contributed by atoms with E-state index in [2.05, 4.69) is 5.32 Å². The van der Waals surface area contributed by atoms with Crippen molar-refractivity contribution in [3.63, 3.8) is 0 Å². The molecule has 1 aromatic rings. The number of methoxy groups -OCH3 is 1. The molecule has 1 aromatic carbocycles. The lowest BCUT2D eigenvalue weighted by molar-refractivity contribution is -0.154. The van der Waals surface area contributed by atoms with E-state index in [0.717, 1.165) is 12.8 Å². The first-order valence-electron chi connectivity index (χ1n) is 7.83. The van der Waals surface area contributed by atoms with Crippen LogP contribution in [-0.2, 0) is 14.3 Å². The van der Waals surface area contributed by atoms with Gasteiger partial charge in [0.1, 0.15) is 5.75 Å². The molecule has 0 heterocycles. The first kappa shape index (κ1) is 17.6. The van der Waals surface area contributed by atoms with Crippen LogP contribution in [0.3, 0.4) is 0 Å². The summed E-state index contributed by atoms with van der Waals surface area (Å²) >= 11 is 5.92. The zero-order valence-corrected chi connectivity index (χ0v) is 14.2. The molecule has 0 bridgehead atoms. The smallest absolute Gasteiger partial charge is 0.306 e. The average Bonchev–Trinajstić information content (AvgIpc) is 3.00. The van der Waals surface area contributed by atoms with Crippen LogP contribution >= 0.6 is 11.6 Å². The van der Waals surface area contributed by atoms with Crippen LogP contribution in [0.15, 0.2) is 18.2 Å². The quantitative estimate of drug-likeness (QED) is 0.801. The van der Waals surface area contributed by atoms with Crippen molar-refractivity contribution in [2.24, 2.45) is 5.92 Å². The molecule has 0 radical (unpaired) electrons. The van der Waals surface area contributed by atoms with Gasteiger partial charge in [0.15, 0.2) is 6.10 Å². The summed E-state index contributed by atoms with van der Waals surface area (Å²) in [5, 5.41) is 3.15. The van der Waals surface area contributed by atoms with Crippen LogP contribution in [0.2, 0.25) is 5.02 Å². The number of carbonyl (C=O) groups excluding carboxylic acids is 2. The van der Waals surface area contributed by atoms with Gasteiger partial charge in [0.2, 0.25) is 0 Å². The van der Waals surface area contributed by atoms with Crippen LogP contribution < -0.4 is 10.1 Å². The van der Waals surface area contributed by atoms with Gasteiger partial charge in [-0.3, -0.25) is 9.59 Å². The summed E-state index contributed by atoms with van der Waals surface area (Å²) < 4.78 is 10.4. The highest BCUT2D eigenvalue weighted by Gasteiger charge is 2.23. The van der Waals surface area contributed by atoms with E-state index in [1.165, 1.54) is 20.0 Å². The summed E-state index contributed by atoms with van der Waals surface area (Å²) in [6, 6.07) is 4.92. The third-order valence-electron chi connectivity index (χ3n) is 4.03. The highest BCUT2D eigenvalue weighted by atomic mass is 35.5. The largest absolute Gasteiger partial charge is 0.495 e. The van der Waals surface area contributed by atoms with Crippen molar-refractivity contribution in [2.75, 3.05) is 12.4 Å². The summed E-state index contributed by atoms with van der Waals surface area (Å²) in [7, 11) is 1.50. The Balaban J connectivity index is 1.89. The maximum atomic E-state index is 12.2. The number of esters is 1. The summed E-state index contributed by atoms with van der Waals surface area (Å²) in [6.07, 6.45) is 3.99. The van der Waals surface area contributed by atoms with Gasteiger partial charge in [0.05, 0.1) is 12.8 Å². The second-order valence-electron chi connectivity index (χ2n) is 5.82. The SMILES string of the molecule is COc1ccc(Cl)cc1NC(=O)[C@@H](C)OC(=O)CC1CCCC1. The molecule has 0 unspecified atom stereocenters. The Morgan fingerprint density at radius 2 is 2.04 bits per heavy atom. The fourth-order valence-electron chi connectivity index (χ4n) is 2.76. The molecule has 2 rings (SSSR count). The van der Waals surface area contributed by atoms with E-state index >= 15 is 0 Å². The van der Waals surface area contributed by atoms with Gasteiger partial charge in [-0.25, -0.2) is 0 Å². The van der Waals surface area contributed by atoms with Gasteiger partial charge in [0, 0.05) is 11.4 Å². The summed E-state index contributed by atoms with van der Waals surface area (Å²) in [5.41, 5.74) is 0.448. The fourth-order valence-corrected chi connectivity index (χ4v) is 2.93. The molecule has 6 heteroatoms. The molecule has 0 spiro atoms. The number of benzene rings is 1. The van der Waals surface area contributed by atoms with Crippen molar-refractivity contribution < 1.29 is 19.1 Å². The third kappa shape index (κ3) is 5.13.